The largest absolute Gasteiger partial charge is 0.389 e. The van der Waals surface area contributed by atoms with Crippen molar-refractivity contribution in [1.82, 2.24) is 0 Å². The molecular formula is C16H16F2N2S. The summed E-state index contributed by atoms with van der Waals surface area (Å²) >= 11 is 4.69. The standard InChI is InChI=1S/C16H16F2N2S/c1-2-5-10-6-3-4-7-12(10)20-13-9-8-11(16(19)21)14(17)15(13)18/h3-4,6-9,20H,2,5H2,1H3,(H2,19,21). The van der Waals surface area contributed by atoms with Gasteiger partial charge in [0.1, 0.15) is 4.99 Å². The third-order valence-corrected chi connectivity index (χ3v) is 3.37. The molecular weight excluding hydrogens is 290 g/mol. The first-order valence-corrected chi connectivity index (χ1v) is 7.08. The summed E-state index contributed by atoms with van der Waals surface area (Å²) in [5, 5.41) is 2.93. The first kappa shape index (κ1) is 15.4. The van der Waals surface area contributed by atoms with E-state index < -0.39 is 11.6 Å². The second-order valence-corrected chi connectivity index (χ2v) is 5.12. The van der Waals surface area contributed by atoms with Crippen molar-refractivity contribution in [1.29, 1.82) is 0 Å². The molecule has 0 aliphatic rings. The zero-order valence-electron chi connectivity index (χ0n) is 11.6. The second kappa shape index (κ2) is 6.63. The number of rotatable bonds is 5. The number of nitrogens with one attached hydrogen (secondary N) is 1. The molecule has 0 radical (unpaired) electrons. The molecule has 5 heteroatoms. The van der Waals surface area contributed by atoms with Crippen molar-refractivity contribution in [2.75, 3.05) is 5.32 Å². The average Bonchev–Trinajstić information content (AvgIpc) is 2.46. The van der Waals surface area contributed by atoms with Gasteiger partial charge in [-0.3, -0.25) is 0 Å². The van der Waals surface area contributed by atoms with Crippen molar-refractivity contribution < 1.29 is 8.78 Å². The molecule has 21 heavy (non-hydrogen) atoms. The summed E-state index contributed by atoms with van der Waals surface area (Å²) < 4.78 is 28.0. The number of thiocarbonyl (C=S) groups is 1. The van der Waals surface area contributed by atoms with Gasteiger partial charge in [-0.2, -0.15) is 0 Å². The Hall–Kier alpha value is -2.01. The maximum Gasteiger partial charge on any atom is 0.182 e. The molecule has 0 fully saturated rings. The van der Waals surface area contributed by atoms with Gasteiger partial charge >= 0.3 is 0 Å². The lowest BCUT2D eigenvalue weighted by atomic mass is 10.1. The van der Waals surface area contributed by atoms with E-state index in [1.165, 1.54) is 12.1 Å². The summed E-state index contributed by atoms with van der Waals surface area (Å²) in [7, 11) is 0. The topological polar surface area (TPSA) is 38.0 Å². The monoisotopic (exact) mass is 306 g/mol. The number of aryl methyl sites for hydroxylation is 1. The van der Waals surface area contributed by atoms with Crippen LogP contribution in [0.5, 0.6) is 0 Å². The van der Waals surface area contributed by atoms with E-state index in [0.29, 0.717) is 0 Å². The first-order chi connectivity index (χ1) is 10.0. The van der Waals surface area contributed by atoms with Gasteiger partial charge in [0, 0.05) is 11.3 Å². The van der Waals surface area contributed by atoms with Crippen LogP contribution in [0.4, 0.5) is 20.2 Å². The van der Waals surface area contributed by atoms with Crippen molar-refractivity contribution in [3.8, 4) is 0 Å². The number of halogens is 2. The number of hydrogen-bond acceptors (Lipinski definition) is 2. The number of para-hydroxylation sites is 1. The molecule has 0 saturated carbocycles. The van der Waals surface area contributed by atoms with Crippen LogP contribution in [0.25, 0.3) is 0 Å². The molecule has 0 atom stereocenters. The van der Waals surface area contributed by atoms with E-state index in [0.717, 1.165) is 24.1 Å². The lowest BCUT2D eigenvalue weighted by Crippen LogP contribution is -2.13. The number of benzene rings is 2. The molecule has 0 bridgehead atoms. The predicted octanol–water partition coefficient (Wildman–Crippen LogP) is 4.30. The summed E-state index contributed by atoms with van der Waals surface area (Å²) in [6.07, 6.45) is 1.83. The van der Waals surface area contributed by atoms with Crippen molar-refractivity contribution >= 4 is 28.6 Å². The Morgan fingerprint density at radius 1 is 1.10 bits per heavy atom. The molecule has 0 unspecified atom stereocenters. The minimum atomic E-state index is -1.03. The van der Waals surface area contributed by atoms with Gasteiger partial charge in [-0.25, -0.2) is 8.78 Å². The molecule has 2 nitrogen and oxygen atoms in total. The Morgan fingerprint density at radius 3 is 2.48 bits per heavy atom. The lowest BCUT2D eigenvalue weighted by molar-refractivity contribution is 0.510. The summed E-state index contributed by atoms with van der Waals surface area (Å²) in [6, 6.07) is 10.4. The summed E-state index contributed by atoms with van der Waals surface area (Å²) in [6.45, 7) is 2.06. The summed E-state index contributed by atoms with van der Waals surface area (Å²) in [4.78, 5) is -0.163. The molecule has 0 amide bonds. The summed E-state index contributed by atoms with van der Waals surface area (Å²) in [5.41, 5.74) is 7.15. The van der Waals surface area contributed by atoms with Crippen LogP contribution < -0.4 is 11.1 Å². The molecule has 0 aliphatic carbocycles. The van der Waals surface area contributed by atoms with E-state index >= 15 is 0 Å². The van der Waals surface area contributed by atoms with Crippen molar-refractivity contribution in [2.45, 2.75) is 19.8 Å². The lowest BCUT2D eigenvalue weighted by Gasteiger charge is -2.13. The molecule has 2 aromatic carbocycles. The highest BCUT2D eigenvalue weighted by Gasteiger charge is 2.15. The summed E-state index contributed by atoms with van der Waals surface area (Å²) in [5.74, 6) is -2.01. The van der Waals surface area contributed by atoms with E-state index in [9.17, 15) is 8.78 Å². The maximum absolute atomic E-state index is 14.1. The van der Waals surface area contributed by atoms with E-state index in [-0.39, 0.29) is 16.2 Å². The molecule has 0 spiro atoms. The van der Waals surface area contributed by atoms with Crippen LogP contribution in [0, 0.1) is 11.6 Å². The molecule has 0 saturated heterocycles. The maximum atomic E-state index is 14.1. The van der Waals surface area contributed by atoms with Gasteiger partial charge in [0.25, 0.3) is 0 Å². The van der Waals surface area contributed by atoms with Crippen LogP contribution in [0.2, 0.25) is 0 Å². The Kier molecular flexibility index (Phi) is 4.85. The first-order valence-electron chi connectivity index (χ1n) is 6.67. The predicted molar refractivity (Wildman–Crippen MR) is 86.0 cm³/mol. The van der Waals surface area contributed by atoms with Crippen LogP contribution in [0.3, 0.4) is 0 Å². The van der Waals surface area contributed by atoms with E-state index in [1.54, 1.807) is 0 Å². The highest BCUT2D eigenvalue weighted by molar-refractivity contribution is 7.80. The van der Waals surface area contributed by atoms with Gasteiger partial charge in [-0.1, -0.05) is 43.8 Å². The van der Waals surface area contributed by atoms with Crippen LogP contribution in [-0.4, -0.2) is 4.99 Å². The van der Waals surface area contributed by atoms with Crippen LogP contribution in [0.1, 0.15) is 24.5 Å². The van der Waals surface area contributed by atoms with Crippen LogP contribution >= 0.6 is 12.2 Å². The molecule has 0 aromatic heterocycles. The van der Waals surface area contributed by atoms with Crippen molar-refractivity contribution in [3.63, 3.8) is 0 Å². The van der Waals surface area contributed by atoms with Crippen molar-refractivity contribution in [3.05, 3.63) is 59.2 Å². The Labute approximate surface area is 128 Å². The number of hydrogen-bond donors (Lipinski definition) is 2. The van der Waals surface area contributed by atoms with E-state index in [4.69, 9.17) is 5.73 Å². The fraction of sp³-hybridized carbons (Fsp3) is 0.188. The Balaban J connectivity index is 2.37. The molecule has 3 N–H and O–H groups in total. The van der Waals surface area contributed by atoms with E-state index in [2.05, 4.69) is 24.5 Å². The Morgan fingerprint density at radius 2 is 1.81 bits per heavy atom. The fourth-order valence-corrected chi connectivity index (χ4v) is 2.27. The molecule has 2 rings (SSSR count). The van der Waals surface area contributed by atoms with Gasteiger partial charge in [0.2, 0.25) is 0 Å². The minimum absolute atomic E-state index is 0.0658. The molecule has 110 valence electrons. The second-order valence-electron chi connectivity index (χ2n) is 4.69. The smallest absolute Gasteiger partial charge is 0.182 e. The van der Waals surface area contributed by atoms with Crippen LogP contribution in [0.15, 0.2) is 36.4 Å². The highest BCUT2D eigenvalue weighted by Crippen LogP contribution is 2.26. The quantitative estimate of drug-likeness (QED) is 0.809. The fourth-order valence-electron chi connectivity index (χ4n) is 2.11. The average molecular weight is 306 g/mol. The minimum Gasteiger partial charge on any atom is -0.389 e. The third kappa shape index (κ3) is 3.36. The van der Waals surface area contributed by atoms with Crippen molar-refractivity contribution in [2.24, 2.45) is 5.73 Å². The van der Waals surface area contributed by atoms with Gasteiger partial charge < -0.3 is 11.1 Å². The van der Waals surface area contributed by atoms with Gasteiger partial charge in [0.15, 0.2) is 11.6 Å². The number of anilines is 2. The van der Waals surface area contributed by atoms with E-state index in [1.807, 2.05) is 24.3 Å². The highest BCUT2D eigenvalue weighted by atomic mass is 32.1. The SMILES string of the molecule is CCCc1ccccc1Nc1ccc(C(N)=S)c(F)c1F. The van der Waals surface area contributed by atoms with Gasteiger partial charge in [-0.15, -0.1) is 0 Å². The molecule has 2 aromatic rings. The van der Waals surface area contributed by atoms with Gasteiger partial charge in [0.05, 0.1) is 5.69 Å². The van der Waals surface area contributed by atoms with Gasteiger partial charge in [-0.05, 0) is 30.2 Å². The normalized spacial score (nSPS) is 10.4. The molecule has 0 heterocycles. The van der Waals surface area contributed by atoms with Crippen LogP contribution in [-0.2, 0) is 6.42 Å². The number of nitrogens with two attached hydrogens (primary N) is 1. The molecule has 0 aliphatic heterocycles. The zero-order valence-corrected chi connectivity index (χ0v) is 12.4. The third-order valence-electron chi connectivity index (χ3n) is 3.15. The zero-order chi connectivity index (χ0) is 15.4. The Bertz CT molecular complexity index is 671.